The molecule has 0 unspecified atom stereocenters. The minimum absolute atomic E-state index is 0.151. The van der Waals surface area contributed by atoms with Crippen molar-refractivity contribution in [3.05, 3.63) is 62.1 Å². The van der Waals surface area contributed by atoms with Crippen LogP contribution in [0.5, 0.6) is 0 Å². The molecule has 0 aliphatic heterocycles. The number of halogens is 2. The molecule has 2 aromatic carbocycles. The van der Waals surface area contributed by atoms with Crippen LogP contribution in [0.2, 0.25) is 10.0 Å². The molecule has 0 aliphatic carbocycles. The maximum absolute atomic E-state index is 12.3. The first-order valence-electron chi connectivity index (χ1n) is 6.43. The molecular formula is C16H12Cl2N2O. The van der Waals surface area contributed by atoms with E-state index in [2.05, 4.69) is 9.97 Å². The predicted octanol–water partition coefficient (Wildman–Crippen LogP) is 4.51. The van der Waals surface area contributed by atoms with Crippen molar-refractivity contribution in [1.82, 2.24) is 9.97 Å². The van der Waals surface area contributed by atoms with Crippen molar-refractivity contribution in [2.75, 3.05) is 0 Å². The van der Waals surface area contributed by atoms with Crippen LogP contribution in [0.1, 0.15) is 11.4 Å². The van der Waals surface area contributed by atoms with Gasteiger partial charge in [-0.15, -0.1) is 0 Å². The first kappa shape index (κ1) is 14.1. The third-order valence-corrected chi connectivity index (χ3v) is 4.15. The van der Waals surface area contributed by atoms with Gasteiger partial charge in [0.05, 0.1) is 20.9 Å². The van der Waals surface area contributed by atoms with Gasteiger partial charge >= 0.3 is 0 Å². The van der Waals surface area contributed by atoms with E-state index in [9.17, 15) is 4.79 Å². The molecule has 0 spiro atoms. The second-order valence-corrected chi connectivity index (χ2v) is 5.75. The van der Waals surface area contributed by atoms with Gasteiger partial charge in [0.25, 0.3) is 5.56 Å². The molecule has 1 heterocycles. The van der Waals surface area contributed by atoms with E-state index >= 15 is 0 Å². The first-order chi connectivity index (χ1) is 9.97. The highest BCUT2D eigenvalue weighted by Crippen LogP contribution is 2.32. The van der Waals surface area contributed by atoms with Crippen LogP contribution in [0.25, 0.3) is 22.0 Å². The lowest BCUT2D eigenvalue weighted by Gasteiger charge is -2.09. The molecule has 3 rings (SSSR count). The topological polar surface area (TPSA) is 45.8 Å². The third kappa shape index (κ3) is 2.43. The van der Waals surface area contributed by atoms with Gasteiger partial charge in [-0.3, -0.25) is 4.79 Å². The summed E-state index contributed by atoms with van der Waals surface area (Å²) in [6.45, 7) is 3.71. The summed E-state index contributed by atoms with van der Waals surface area (Å²) in [5.41, 5.74) is 3.15. The number of hydrogen-bond donors (Lipinski definition) is 1. The summed E-state index contributed by atoms with van der Waals surface area (Å²) in [6.07, 6.45) is 0. The average Bonchev–Trinajstić information content (AvgIpc) is 2.43. The molecule has 0 aliphatic rings. The second kappa shape index (κ2) is 5.17. The molecule has 5 heteroatoms. The van der Waals surface area contributed by atoms with Crippen LogP contribution in [0.3, 0.4) is 0 Å². The van der Waals surface area contributed by atoms with Gasteiger partial charge in [-0.1, -0.05) is 41.4 Å². The predicted molar refractivity (Wildman–Crippen MR) is 87.3 cm³/mol. The fourth-order valence-corrected chi connectivity index (χ4v) is 2.69. The van der Waals surface area contributed by atoms with Crippen molar-refractivity contribution in [3.8, 4) is 11.1 Å². The van der Waals surface area contributed by atoms with Crippen molar-refractivity contribution in [2.24, 2.45) is 0 Å². The highest BCUT2D eigenvalue weighted by atomic mass is 35.5. The zero-order valence-corrected chi connectivity index (χ0v) is 13.0. The van der Waals surface area contributed by atoms with Gasteiger partial charge in [0.1, 0.15) is 5.82 Å². The van der Waals surface area contributed by atoms with E-state index < -0.39 is 0 Å². The Kier molecular flexibility index (Phi) is 3.47. The molecule has 0 bridgehead atoms. The molecule has 1 aromatic heterocycles. The lowest BCUT2D eigenvalue weighted by molar-refractivity contribution is 1.06. The van der Waals surface area contributed by atoms with Crippen LogP contribution in [-0.2, 0) is 0 Å². The summed E-state index contributed by atoms with van der Waals surface area (Å²) in [4.78, 5) is 19.5. The summed E-state index contributed by atoms with van der Waals surface area (Å²) >= 11 is 12.0. The van der Waals surface area contributed by atoms with Crippen molar-refractivity contribution in [3.63, 3.8) is 0 Å². The van der Waals surface area contributed by atoms with E-state index in [4.69, 9.17) is 23.2 Å². The van der Waals surface area contributed by atoms with Crippen LogP contribution in [0.15, 0.2) is 35.1 Å². The molecular weight excluding hydrogens is 307 g/mol. The fourth-order valence-electron chi connectivity index (χ4n) is 2.40. The second-order valence-electron chi connectivity index (χ2n) is 4.93. The van der Waals surface area contributed by atoms with E-state index in [-0.39, 0.29) is 5.56 Å². The van der Waals surface area contributed by atoms with Gasteiger partial charge in [0.15, 0.2) is 0 Å². The van der Waals surface area contributed by atoms with Crippen molar-refractivity contribution in [1.29, 1.82) is 0 Å². The number of rotatable bonds is 1. The van der Waals surface area contributed by atoms with E-state index in [1.54, 1.807) is 19.1 Å². The minimum Gasteiger partial charge on any atom is -0.310 e. The number of H-pyrrole nitrogens is 1. The number of aryl methyl sites for hydroxylation is 2. The Labute approximate surface area is 131 Å². The van der Waals surface area contributed by atoms with Crippen LogP contribution in [0, 0.1) is 13.8 Å². The van der Waals surface area contributed by atoms with Gasteiger partial charge in [0, 0.05) is 0 Å². The maximum atomic E-state index is 12.3. The van der Waals surface area contributed by atoms with Crippen LogP contribution in [-0.4, -0.2) is 9.97 Å². The van der Waals surface area contributed by atoms with Crippen molar-refractivity contribution < 1.29 is 0 Å². The first-order valence-corrected chi connectivity index (χ1v) is 7.18. The van der Waals surface area contributed by atoms with Crippen molar-refractivity contribution in [2.45, 2.75) is 13.8 Å². The summed E-state index contributed by atoms with van der Waals surface area (Å²) < 4.78 is 0. The standard InChI is InChI=1S/C16H12Cl2N2O/c1-8-3-5-11(10-4-6-12(17)13(18)7-10)14-15(8)19-9(2)20-16(14)21/h3-7H,1-2H3,(H,19,20,21). The van der Waals surface area contributed by atoms with Gasteiger partial charge in [-0.05, 0) is 42.7 Å². The number of nitrogens with one attached hydrogen (secondary N) is 1. The lowest BCUT2D eigenvalue weighted by atomic mass is 9.99. The molecule has 0 atom stereocenters. The number of benzene rings is 2. The Morgan fingerprint density at radius 2 is 1.81 bits per heavy atom. The number of aromatic nitrogens is 2. The average molecular weight is 319 g/mol. The number of nitrogens with zero attached hydrogens (tertiary/aromatic N) is 1. The van der Waals surface area contributed by atoms with Crippen LogP contribution in [0.4, 0.5) is 0 Å². The summed E-state index contributed by atoms with van der Waals surface area (Å²) in [6, 6.07) is 9.18. The van der Waals surface area contributed by atoms with Gasteiger partial charge < -0.3 is 4.98 Å². The number of hydrogen-bond acceptors (Lipinski definition) is 2. The highest BCUT2D eigenvalue weighted by Gasteiger charge is 2.12. The Hall–Kier alpha value is -1.84. The number of aromatic amines is 1. The van der Waals surface area contributed by atoms with E-state index in [0.717, 1.165) is 16.7 Å². The van der Waals surface area contributed by atoms with Gasteiger partial charge in [0.2, 0.25) is 0 Å². The van der Waals surface area contributed by atoms with E-state index in [1.807, 2.05) is 25.1 Å². The smallest absolute Gasteiger partial charge is 0.259 e. The Bertz CT molecular complexity index is 916. The summed E-state index contributed by atoms with van der Waals surface area (Å²) in [5, 5.41) is 1.51. The highest BCUT2D eigenvalue weighted by molar-refractivity contribution is 6.42. The zero-order chi connectivity index (χ0) is 15.1. The minimum atomic E-state index is -0.151. The molecule has 3 aromatic rings. The molecule has 0 amide bonds. The molecule has 0 saturated heterocycles. The molecule has 1 N–H and O–H groups in total. The molecule has 21 heavy (non-hydrogen) atoms. The van der Waals surface area contributed by atoms with Gasteiger partial charge in [-0.25, -0.2) is 4.98 Å². The quantitative estimate of drug-likeness (QED) is 0.717. The maximum Gasteiger partial charge on any atom is 0.259 e. The van der Waals surface area contributed by atoms with Crippen molar-refractivity contribution >= 4 is 34.1 Å². The van der Waals surface area contributed by atoms with E-state index in [0.29, 0.717) is 26.8 Å². The fraction of sp³-hybridized carbons (Fsp3) is 0.125. The van der Waals surface area contributed by atoms with Crippen LogP contribution >= 0.6 is 23.2 Å². The normalized spacial score (nSPS) is 11.0. The zero-order valence-electron chi connectivity index (χ0n) is 11.5. The Morgan fingerprint density at radius 3 is 2.52 bits per heavy atom. The molecule has 0 radical (unpaired) electrons. The SMILES string of the molecule is Cc1nc2c(C)ccc(-c3ccc(Cl)c(Cl)c3)c2c(=O)[nH]1. The largest absolute Gasteiger partial charge is 0.310 e. The number of fused-ring (bicyclic) bond motifs is 1. The molecule has 0 fully saturated rings. The summed E-state index contributed by atoms with van der Waals surface area (Å²) in [5.74, 6) is 0.599. The van der Waals surface area contributed by atoms with E-state index in [1.165, 1.54) is 0 Å². The molecule has 0 saturated carbocycles. The Balaban J connectivity index is 2.41. The monoisotopic (exact) mass is 318 g/mol. The lowest BCUT2D eigenvalue weighted by Crippen LogP contribution is -2.11. The Morgan fingerprint density at radius 1 is 1.05 bits per heavy atom. The molecule has 106 valence electrons. The molecule has 3 nitrogen and oxygen atoms in total. The van der Waals surface area contributed by atoms with Gasteiger partial charge in [-0.2, -0.15) is 0 Å². The third-order valence-electron chi connectivity index (χ3n) is 3.41. The summed E-state index contributed by atoms with van der Waals surface area (Å²) in [7, 11) is 0. The van der Waals surface area contributed by atoms with Crippen LogP contribution < -0.4 is 5.56 Å².